The second kappa shape index (κ2) is 11.6. The van der Waals surface area contributed by atoms with Gasteiger partial charge in [-0.3, -0.25) is 0 Å². The zero-order chi connectivity index (χ0) is 39.5. The van der Waals surface area contributed by atoms with Crippen molar-refractivity contribution < 1.29 is 0 Å². The molecule has 61 heavy (non-hydrogen) atoms. The third-order valence-electron chi connectivity index (χ3n) is 14.3. The van der Waals surface area contributed by atoms with Crippen LogP contribution in [0.1, 0.15) is 0 Å². The summed E-state index contributed by atoms with van der Waals surface area (Å²) in [5.74, 6) is 0. The van der Waals surface area contributed by atoms with Gasteiger partial charge in [-0.05, 0) is 76.0 Å². The molecule has 0 fully saturated rings. The summed E-state index contributed by atoms with van der Waals surface area (Å²) in [5, 5.41) is 5.20. The largest absolute Gasteiger partial charge is 0.421 e. The van der Waals surface area contributed by atoms with Crippen molar-refractivity contribution in [2.24, 2.45) is 0 Å². The molecule has 0 saturated carbocycles. The van der Waals surface area contributed by atoms with Crippen LogP contribution in [0.15, 0.2) is 200 Å². The molecule has 0 amide bonds. The van der Waals surface area contributed by atoms with Crippen LogP contribution in [0.4, 0.5) is 22.7 Å². The molecular formula is C54H33B3N4. The fourth-order valence-corrected chi connectivity index (χ4v) is 12.2. The number of nitrogens with zero attached hydrogens (tertiary/aromatic N) is 4. The lowest BCUT2D eigenvalue weighted by Crippen LogP contribution is -2.68. The van der Waals surface area contributed by atoms with Gasteiger partial charge in [-0.15, -0.1) is 0 Å². The Morgan fingerprint density at radius 1 is 0.328 bits per heavy atom. The van der Waals surface area contributed by atoms with Crippen LogP contribution in [0.3, 0.4) is 0 Å². The first kappa shape index (κ1) is 32.3. The van der Waals surface area contributed by atoms with Crippen molar-refractivity contribution in [3.05, 3.63) is 200 Å². The minimum Gasteiger partial charge on any atom is -0.375 e. The molecule has 7 heteroatoms. The molecule has 4 nitrogen and oxygen atoms in total. The van der Waals surface area contributed by atoms with Crippen LogP contribution in [0.5, 0.6) is 0 Å². The van der Waals surface area contributed by atoms with Gasteiger partial charge in [-0.1, -0.05) is 163 Å². The summed E-state index contributed by atoms with van der Waals surface area (Å²) in [6.45, 7) is -0.273. The molecule has 2 aromatic heterocycles. The summed E-state index contributed by atoms with van der Waals surface area (Å²) in [4.78, 5) is 5.32. The van der Waals surface area contributed by atoms with E-state index in [0.29, 0.717) is 0 Å². The Morgan fingerprint density at radius 3 is 1.16 bits per heavy atom. The van der Waals surface area contributed by atoms with Gasteiger partial charge >= 0.3 is 20.7 Å². The minimum absolute atomic E-state index is 0.0478. The number of hydrogen-bond donors (Lipinski definition) is 0. The van der Waals surface area contributed by atoms with Gasteiger partial charge in [-0.2, -0.15) is 0 Å². The van der Waals surface area contributed by atoms with Gasteiger partial charge in [0.05, 0.1) is 0 Å². The number of fused-ring (bicyclic) bond motifs is 6. The van der Waals surface area contributed by atoms with Gasteiger partial charge in [0.1, 0.15) is 0 Å². The number of hydrogen-bond acceptors (Lipinski definition) is 2. The van der Waals surface area contributed by atoms with Crippen LogP contribution in [-0.4, -0.2) is 29.6 Å². The van der Waals surface area contributed by atoms with Crippen LogP contribution in [0, 0.1) is 0 Å². The lowest BCUT2D eigenvalue weighted by Gasteiger charge is -2.51. The number of benzene rings is 9. The molecule has 0 saturated heterocycles. The average molecular weight is 770 g/mol. The summed E-state index contributed by atoms with van der Waals surface area (Å²) in [5.41, 5.74) is 22.2. The Bertz CT molecular complexity index is 3440. The SMILES string of the molecule is c1ccc(B2c3cc4c5c6c3-c3c(ccc7c8ccccc8n2c37)N(c2ccccc2)B6N(c2ccccc2)c2ccc3c6ccccc6n(c3c2-5)B4c2ccccc2)cc1. The standard InChI is InChI=1S/C54H33B3N4/c1-5-17-34(18-6-1)55-42-33-43-49-51-47(32-30-41-39-26-14-16-28-45(39)61(54(41)51)56(43)35-19-7-2-8-20-35)59(37-23-11-4-12-24-37)57-52(49)48(42)50-46(58(57)36-21-9-3-10-22-36)31-29-40-38-25-13-15-27-44(38)60(55)53(40)50/h1-33H. The number of rotatable bonds is 4. The summed E-state index contributed by atoms with van der Waals surface area (Å²) in [7, 11) is 0. The summed E-state index contributed by atoms with van der Waals surface area (Å²) < 4.78 is 5.37. The van der Waals surface area contributed by atoms with Crippen molar-refractivity contribution in [1.82, 2.24) is 8.96 Å². The van der Waals surface area contributed by atoms with E-state index in [2.05, 4.69) is 219 Å². The van der Waals surface area contributed by atoms with E-state index in [4.69, 9.17) is 0 Å². The van der Waals surface area contributed by atoms with Crippen molar-refractivity contribution in [2.75, 3.05) is 9.62 Å². The lowest BCUT2D eigenvalue weighted by molar-refractivity contribution is 1.25. The maximum atomic E-state index is 2.69. The fourth-order valence-electron chi connectivity index (χ4n) is 12.2. The second-order valence-electron chi connectivity index (χ2n) is 17.1. The number of aromatic nitrogens is 2. The smallest absolute Gasteiger partial charge is 0.375 e. The molecule has 278 valence electrons. The van der Waals surface area contributed by atoms with E-state index in [-0.39, 0.29) is 20.7 Å². The molecular weight excluding hydrogens is 737 g/mol. The quantitative estimate of drug-likeness (QED) is 0.166. The van der Waals surface area contributed by atoms with Gasteiger partial charge in [0.25, 0.3) is 0 Å². The summed E-state index contributed by atoms with van der Waals surface area (Å²) in [6.07, 6.45) is 0. The predicted octanol–water partition coefficient (Wildman–Crippen LogP) is 9.17. The molecule has 11 aromatic rings. The van der Waals surface area contributed by atoms with Crippen molar-refractivity contribution in [3.63, 3.8) is 0 Å². The highest BCUT2D eigenvalue weighted by molar-refractivity contribution is 6.95. The highest BCUT2D eigenvalue weighted by atomic mass is 15.2. The zero-order valence-electron chi connectivity index (χ0n) is 33.1. The third kappa shape index (κ3) is 3.91. The Morgan fingerprint density at radius 2 is 0.721 bits per heavy atom. The molecule has 0 atom stereocenters. The molecule has 0 radical (unpaired) electrons. The molecule has 0 N–H and O–H groups in total. The van der Waals surface area contributed by atoms with Gasteiger partial charge in [0.15, 0.2) is 0 Å². The first-order chi connectivity index (χ1) is 30.3. The van der Waals surface area contributed by atoms with E-state index in [1.807, 2.05) is 0 Å². The monoisotopic (exact) mass is 770 g/mol. The van der Waals surface area contributed by atoms with Gasteiger partial charge < -0.3 is 18.6 Å². The average Bonchev–Trinajstić information content (AvgIpc) is 3.85. The van der Waals surface area contributed by atoms with E-state index in [0.717, 1.165) is 0 Å². The number of para-hydroxylation sites is 4. The topological polar surface area (TPSA) is 16.3 Å². The third-order valence-corrected chi connectivity index (χ3v) is 14.3. The van der Waals surface area contributed by atoms with E-state index in [1.165, 1.54) is 116 Å². The van der Waals surface area contributed by atoms with Crippen LogP contribution >= 0.6 is 0 Å². The van der Waals surface area contributed by atoms with Gasteiger partial charge in [0, 0.05) is 77.5 Å². The highest BCUT2D eigenvalue weighted by Crippen LogP contribution is 2.55. The molecule has 0 aliphatic carbocycles. The molecule has 9 aromatic carbocycles. The van der Waals surface area contributed by atoms with Crippen molar-refractivity contribution >= 4 is 114 Å². The Balaban J connectivity index is 1.22. The fraction of sp³-hybridized carbons (Fsp3) is 0. The van der Waals surface area contributed by atoms with Gasteiger partial charge in [-0.25, -0.2) is 0 Å². The summed E-state index contributed by atoms with van der Waals surface area (Å²) in [6, 6.07) is 75.2. The normalized spacial score (nSPS) is 14.1. The first-order valence-electron chi connectivity index (χ1n) is 21.5. The summed E-state index contributed by atoms with van der Waals surface area (Å²) >= 11 is 0. The lowest BCUT2D eigenvalue weighted by atomic mass is 9.38. The van der Waals surface area contributed by atoms with Crippen molar-refractivity contribution in [1.29, 1.82) is 0 Å². The van der Waals surface area contributed by atoms with Crippen LogP contribution in [0.2, 0.25) is 0 Å². The molecule has 4 aliphatic heterocycles. The molecule has 0 spiro atoms. The van der Waals surface area contributed by atoms with Crippen LogP contribution in [-0.2, 0) is 0 Å². The van der Waals surface area contributed by atoms with Crippen molar-refractivity contribution in [3.8, 4) is 22.3 Å². The molecule has 6 heterocycles. The number of anilines is 4. The molecule has 4 aliphatic rings. The maximum Gasteiger partial charge on any atom is 0.421 e. The Hall–Kier alpha value is -7.63. The Labute approximate surface area is 353 Å². The zero-order valence-corrected chi connectivity index (χ0v) is 33.1. The van der Waals surface area contributed by atoms with E-state index < -0.39 is 0 Å². The first-order valence-corrected chi connectivity index (χ1v) is 21.5. The van der Waals surface area contributed by atoms with E-state index in [1.54, 1.807) is 0 Å². The minimum atomic E-state index is -0.178. The van der Waals surface area contributed by atoms with Crippen LogP contribution < -0.4 is 36.9 Å². The van der Waals surface area contributed by atoms with Crippen molar-refractivity contribution in [2.45, 2.75) is 0 Å². The predicted molar refractivity (Wildman–Crippen MR) is 260 cm³/mol. The second-order valence-corrected chi connectivity index (χ2v) is 17.1. The maximum absolute atomic E-state index is 2.69. The molecule has 0 bridgehead atoms. The van der Waals surface area contributed by atoms with E-state index in [9.17, 15) is 0 Å². The Kier molecular flexibility index (Phi) is 6.11. The molecule has 15 rings (SSSR count). The highest BCUT2D eigenvalue weighted by Gasteiger charge is 2.54. The van der Waals surface area contributed by atoms with Crippen LogP contribution in [0.25, 0.3) is 65.9 Å². The molecule has 0 unspecified atom stereocenters. The van der Waals surface area contributed by atoms with E-state index >= 15 is 0 Å². The van der Waals surface area contributed by atoms with Gasteiger partial charge in [0.2, 0.25) is 0 Å².